The van der Waals surface area contributed by atoms with Gasteiger partial charge < -0.3 is 11.5 Å². The predicted molar refractivity (Wildman–Crippen MR) is 44.4 cm³/mol. The molecule has 0 atom stereocenters. The van der Waals surface area contributed by atoms with E-state index in [1.807, 2.05) is 0 Å². The average Bonchev–Trinajstić information content (AvgIpc) is 1.96. The van der Waals surface area contributed by atoms with E-state index in [1.165, 1.54) is 6.92 Å². The van der Waals surface area contributed by atoms with Gasteiger partial charge in [0.15, 0.2) is 0 Å². The Morgan fingerprint density at radius 3 is 2.75 bits per heavy atom. The van der Waals surface area contributed by atoms with Gasteiger partial charge in [-0.2, -0.15) is 0 Å². The number of nitrogens with two attached hydrogens (primary N) is 2. The molecule has 0 spiro atoms. The third kappa shape index (κ3) is 1.34. The van der Waals surface area contributed by atoms with Gasteiger partial charge in [0.2, 0.25) is 0 Å². The largest absolute Gasteiger partial charge is 0.384 e. The number of anilines is 1. The van der Waals surface area contributed by atoms with E-state index in [4.69, 9.17) is 16.9 Å². The van der Waals surface area contributed by atoms with Gasteiger partial charge >= 0.3 is 0 Å². The lowest BCUT2D eigenvalue weighted by molar-refractivity contribution is 0.610. The van der Waals surface area contributed by atoms with E-state index >= 15 is 0 Å². The summed E-state index contributed by atoms with van der Waals surface area (Å²) < 4.78 is 12.8. The summed E-state index contributed by atoms with van der Waals surface area (Å²) in [4.78, 5) is 3.68. The van der Waals surface area contributed by atoms with E-state index in [-0.39, 0.29) is 22.9 Å². The maximum absolute atomic E-state index is 12.8. The van der Waals surface area contributed by atoms with Crippen LogP contribution in [0.2, 0.25) is 0 Å². The van der Waals surface area contributed by atoms with Crippen molar-refractivity contribution in [3.8, 4) is 0 Å². The summed E-state index contributed by atoms with van der Waals surface area (Å²) in [6.07, 6.45) is 0. The third-order valence-electron chi connectivity index (χ3n) is 1.47. The van der Waals surface area contributed by atoms with Crippen LogP contribution in [0, 0.1) is 18.2 Å². The molecule has 1 aromatic heterocycles. The molecule has 1 aromatic rings. The fraction of sp³-hybridized carbons (Fsp3) is 0.143. The molecule has 0 aliphatic carbocycles. The molecule has 0 amide bonds. The summed E-state index contributed by atoms with van der Waals surface area (Å²) >= 11 is 0. The van der Waals surface area contributed by atoms with Crippen molar-refractivity contribution in [2.75, 3.05) is 5.73 Å². The number of rotatable bonds is 1. The van der Waals surface area contributed by atoms with Crippen molar-refractivity contribution >= 4 is 11.7 Å². The average molecular weight is 168 g/mol. The molecule has 0 saturated heterocycles. The highest BCUT2D eigenvalue weighted by atomic mass is 19.1. The first kappa shape index (κ1) is 8.45. The smallest absolute Gasteiger partial charge is 0.145 e. The summed E-state index contributed by atoms with van der Waals surface area (Å²) in [6, 6.07) is 1.11. The number of halogens is 1. The van der Waals surface area contributed by atoms with E-state index < -0.39 is 5.82 Å². The van der Waals surface area contributed by atoms with Crippen LogP contribution in [0.4, 0.5) is 10.2 Å². The minimum atomic E-state index is -0.505. The molecule has 0 unspecified atom stereocenters. The second-order valence-electron chi connectivity index (χ2n) is 2.40. The monoisotopic (exact) mass is 168 g/mol. The van der Waals surface area contributed by atoms with Gasteiger partial charge in [0.25, 0.3) is 0 Å². The zero-order valence-corrected chi connectivity index (χ0v) is 6.56. The van der Waals surface area contributed by atoms with Gasteiger partial charge in [-0.15, -0.1) is 0 Å². The minimum Gasteiger partial charge on any atom is -0.384 e. The Kier molecular flexibility index (Phi) is 1.95. The lowest BCUT2D eigenvalue weighted by Crippen LogP contribution is -2.15. The summed E-state index contributed by atoms with van der Waals surface area (Å²) in [7, 11) is 0. The number of nitrogen functional groups attached to an aromatic ring is 2. The molecule has 5 N–H and O–H groups in total. The maximum atomic E-state index is 12.8. The summed E-state index contributed by atoms with van der Waals surface area (Å²) in [5.74, 6) is -0.699. The molecule has 0 saturated carbocycles. The third-order valence-corrected chi connectivity index (χ3v) is 1.47. The number of aryl methyl sites for hydroxylation is 1. The van der Waals surface area contributed by atoms with E-state index in [0.29, 0.717) is 0 Å². The summed E-state index contributed by atoms with van der Waals surface area (Å²) in [6.45, 7) is 1.50. The molecule has 0 bridgehead atoms. The lowest BCUT2D eigenvalue weighted by Gasteiger charge is -2.03. The molecule has 4 nitrogen and oxygen atoms in total. The first-order valence-corrected chi connectivity index (χ1v) is 3.29. The number of nitrogens with one attached hydrogen (secondary N) is 1. The Balaban J connectivity index is 3.33. The molecule has 0 fully saturated rings. The Morgan fingerprint density at radius 2 is 2.25 bits per heavy atom. The van der Waals surface area contributed by atoms with E-state index in [0.717, 1.165) is 6.07 Å². The minimum absolute atomic E-state index is 0.0846. The fourth-order valence-corrected chi connectivity index (χ4v) is 0.815. The van der Waals surface area contributed by atoms with Crippen LogP contribution < -0.4 is 11.5 Å². The molecule has 5 heteroatoms. The maximum Gasteiger partial charge on any atom is 0.145 e. The van der Waals surface area contributed by atoms with Crippen molar-refractivity contribution in [3.63, 3.8) is 0 Å². The Bertz CT molecular complexity index is 334. The fourth-order valence-electron chi connectivity index (χ4n) is 0.815. The number of amidine groups is 1. The summed E-state index contributed by atoms with van der Waals surface area (Å²) in [5.41, 5.74) is 10.9. The van der Waals surface area contributed by atoms with Gasteiger partial charge in [0.05, 0.1) is 11.3 Å². The number of hydrogen-bond acceptors (Lipinski definition) is 3. The molecule has 64 valence electrons. The van der Waals surface area contributed by atoms with E-state index in [9.17, 15) is 4.39 Å². The highest BCUT2D eigenvalue weighted by Gasteiger charge is 2.07. The highest BCUT2D eigenvalue weighted by molar-refractivity contribution is 5.98. The van der Waals surface area contributed by atoms with Crippen LogP contribution >= 0.6 is 0 Å². The molecule has 12 heavy (non-hydrogen) atoms. The van der Waals surface area contributed by atoms with Crippen LogP contribution in [0.15, 0.2) is 6.07 Å². The first-order valence-electron chi connectivity index (χ1n) is 3.29. The van der Waals surface area contributed by atoms with Crippen LogP contribution in [0.1, 0.15) is 11.3 Å². The van der Waals surface area contributed by atoms with Gasteiger partial charge in [0.1, 0.15) is 17.5 Å². The van der Waals surface area contributed by atoms with E-state index in [2.05, 4.69) is 4.98 Å². The van der Waals surface area contributed by atoms with Gasteiger partial charge in [-0.25, -0.2) is 9.37 Å². The zero-order valence-electron chi connectivity index (χ0n) is 6.56. The molecule has 0 aromatic carbocycles. The zero-order chi connectivity index (χ0) is 9.30. The van der Waals surface area contributed by atoms with Crippen molar-refractivity contribution in [3.05, 3.63) is 23.1 Å². The Labute approximate surface area is 68.9 Å². The Hall–Kier alpha value is -1.65. The molecule has 0 aliphatic heterocycles. The first-order chi connectivity index (χ1) is 5.52. The van der Waals surface area contributed by atoms with Crippen molar-refractivity contribution in [1.29, 1.82) is 5.41 Å². The second-order valence-corrected chi connectivity index (χ2v) is 2.40. The Morgan fingerprint density at radius 1 is 1.67 bits per heavy atom. The number of aromatic nitrogens is 1. The predicted octanol–water partition coefficient (Wildman–Crippen LogP) is 0.395. The topological polar surface area (TPSA) is 88.8 Å². The number of nitrogens with zero attached hydrogens (tertiary/aromatic N) is 1. The van der Waals surface area contributed by atoms with Gasteiger partial charge in [-0.05, 0) is 13.0 Å². The van der Waals surface area contributed by atoms with Crippen LogP contribution in [0.3, 0.4) is 0 Å². The van der Waals surface area contributed by atoms with Gasteiger partial charge in [-0.3, -0.25) is 5.41 Å². The van der Waals surface area contributed by atoms with Crippen molar-refractivity contribution < 1.29 is 4.39 Å². The quantitative estimate of drug-likeness (QED) is 0.418. The highest BCUT2D eigenvalue weighted by Crippen LogP contribution is 2.12. The van der Waals surface area contributed by atoms with E-state index in [1.54, 1.807) is 0 Å². The summed E-state index contributed by atoms with van der Waals surface area (Å²) in [5, 5.41) is 7.03. The molecule has 0 radical (unpaired) electrons. The molecule has 1 heterocycles. The molecular weight excluding hydrogens is 159 g/mol. The van der Waals surface area contributed by atoms with Crippen LogP contribution in [0.25, 0.3) is 0 Å². The molecular formula is C7H9FN4. The molecule has 1 rings (SSSR count). The SMILES string of the molecule is Cc1nc(N)c(C(=N)N)cc1F. The van der Waals surface area contributed by atoms with Crippen molar-refractivity contribution in [2.45, 2.75) is 6.92 Å². The van der Waals surface area contributed by atoms with Crippen LogP contribution in [-0.4, -0.2) is 10.8 Å². The number of hydrogen-bond donors (Lipinski definition) is 3. The molecule has 0 aliphatic rings. The van der Waals surface area contributed by atoms with Gasteiger partial charge in [0, 0.05) is 0 Å². The lowest BCUT2D eigenvalue weighted by atomic mass is 10.2. The second kappa shape index (κ2) is 2.77. The normalized spacial score (nSPS) is 9.83. The van der Waals surface area contributed by atoms with Crippen LogP contribution in [0.5, 0.6) is 0 Å². The number of pyridine rings is 1. The standard InChI is InChI=1S/C7H9FN4/c1-3-5(8)2-4(6(9)10)7(11)12-3/h2H,1H3,(H3,9,10)(H2,11,12). The van der Waals surface area contributed by atoms with Crippen molar-refractivity contribution in [1.82, 2.24) is 4.98 Å². The van der Waals surface area contributed by atoms with Crippen molar-refractivity contribution in [2.24, 2.45) is 5.73 Å². The van der Waals surface area contributed by atoms with Crippen LogP contribution in [-0.2, 0) is 0 Å². The van der Waals surface area contributed by atoms with Gasteiger partial charge in [-0.1, -0.05) is 0 Å².